The van der Waals surface area contributed by atoms with Crippen molar-refractivity contribution in [3.8, 4) is 17.2 Å². The van der Waals surface area contributed by atoms with Crippen molar-refractivity contribution >= 4 is 86.8 Å². The minimum Gasteiger partial charge on any atom is -0.477 e. The van der Waals surface area contributed by atoms with Gasteiger partial charge in [-0.1, -0.05) is 108 Å². The summed E-state index contributed by atoms with van der Waals surface area (Å²) in [5.41, 5.74) is 12.2. The molecule has 6 nitrogen and oxygen atoms in total. The normalized spacial score (nSPS) is 12.7. The summed E-state index contributed by atoms with van der Waals surface area (Å²) < 4.78 is 0. The Morgan fingerprint density at radius 3 is 1.17 bits per heavy atom. The minimum absolute atomic E-state index is 0.303. The van der Waals surface area contributed by atoms with Crippen LogP contribution in [-0.4, -0.2) is 11.1 Å². The summed E-state index contributed by atoms with van der Waals surface area (Å²) in [5.74, 6) is -1.24. The largest absolute Gasteiger partial charge is 0.477 e. The second kappa shape index (κ2) is 15.7. The molecule has 286 valence electrons. The summed E-state index contributed by atoms with van der Waals surface area (Å²) in [6.45, 7) is 0. The topological polar surface area (TPSA) is 70.8 Å². The van der Waals surface area contributed by atoms with E-state index < -0.39 is 5.97 Å². The molecule has 1 N–H and O–H groups in total. The van der Waals surface area contributed by atoms with Gasteiger partial charge in [0.05, 0.1) is 22.7 Å². The summed E-state index contributed by atoms with van der Waals surface area (Å²) >= 11 is 3.60. The number of para-hydroxylation sites is 4. The number of anilines is 9. The van der Waals surface area contributed by atoms with Crippen LogP contribution in [0, 0.1) is 11.3 Å². The van der Waals surface area contributed by atoms with E-state index in [0.717, 1.165) is 62.3 Å². The maximum atomic E-state index is 11.4. The molecule has 8 heteroatoms. The van der Waals surface area contributed by atoms with E-state index in [1.807, 2.05) is 24.3 Å². The average molecular weight is 811 g/mol. The van der Waals surface area contributed by atoms with Crippen LogP contribution >= 0.6 is 23.5 Å². The van der Waals surface area contributed by atoms with E-state index in [4.69, 9.17) is 0 Å². The molecule has 0 aromatic heterocycles. The van der Waals surface area contributed by atoms with Crippen LogP contribution in [0.25, 0.3) is 17.2 Å². The van der Waals surface area contributed by atoms with Crippen LogP contribution in [0.3, 0.4) is 0 Å². The van der Waals surface area contributed by atoms with Gasteiger partial charge in [-0.2, -0.15) is 5.26 Å². The van der Waals surface area contributed by atoms with E-state index in [1.165, 1.54) is 25.7 Å². The standard InChI is InChI=1S/C52H34N4O2S2/c53-34-38(52(57)58)33-35-17-19-36(20-18-35)37-21-23-39(24-22-37)54(40-25-29-42(30-26-40)55-44-9-1-5-13-48(44)59-49-14-6-2-10-45(49)55)41-27-31-43(32-28-41)56-46-11-3-7-15-50(46)60-51-16-8-4-12-47(51)56/h1-33H,(H,57,58)/b38-33-. The molecule has 8 aromatic rings. The SMILES string of the molecule is N#C/C(=C/c1ccc(-c2ccc(N(c3ccc(N4c5ccccc5Sc5ccccc54)cc3)c3ccc(N4c5ccccc5Sc5ccccc54)cc3)cc2)cc1)C(=O)O. The third-order valence-electron chi connectivity index (χ3n) is 10.6. The summed E-state index contributed by atoms with van der Waals surface area (Å²) in [7, 11) is 0. The Morgan fingerprint density at radius 2 is 0.817 bits per heavy atom. The first-order valence-electron chi connectivity index (χ1n) is 19.4. The Bertz CT molecular complexity index is 2750. The van der Waals surface area contributed by atoms with Gasteiger partial charge in [-0.15, -0.1) is 0 Å². The Hall–Kier alpha value is -7.44. The summed E-state index contributed by atoms with van der Waals surface area (Å²) in [4.78, 5) is 23.2. The molecule has 0 saturated heterocycles. The molecule has 0 bridgehead atoms. The average Bonchev–Trinajstić information content (AvgIpc) is 3.30. The molecule has 0 amide bonds. The number of hydrogen-bond donors (Lipinski definition) is 1. The van der Waals surface area contributed by atoms with Gasteiger partial charge in [0.25, 0.3) is 0 Å². The highest BCUT2D eigenvalue weighted by Crippen LogP contribution is 2.53. The van der Waals surface area contributed by atoms with Crippen molar-refractivity contribution < 1.29 is 9.90 Å². The van der Waals surface area contributed by atoms with Crippen molar-refractivity contribution in [2.75, 3.05) is 14.7 Å². The number of nitriles is 1. The monoisotopic (exact) mass is 810 g/mol. The number of hydrogen-bond acceptors (Lipinski definition) is 7. The van der Waals surface area contributed by atoms with Gasteiger partial charge in [0.15, 0.2) is 0 Å². The zero-order valence-electron chi connectivity index (χ0n) is 32.0. The molecule has 60 heavy (non-hydrogen) atoms. The van der Waals surface area contributed by atoms with Crippen LogP contribution in [0.1, 0.15) is 5.56 Å². The number of carboxylic acids is 1. The molecule has 0 fully saturated rings. The predicted octanol–water partition coefficient (Wildman–Crippen LogP) is 14.7. The molecule has 2 aliphatic heterocycles. The maximum Gasteiger partial charge on any atom is 0.346 e. The highest BCUT2D eigenvalue weighted by atomic mass is 32.2. The second-order valence-electron chi connectivity index (χ2n) is 14.3. The second-order valence-corrected chi connectivity index (χ2v) is 16.4. The maximum absolute atomic E-state index is 11.4. The highest BCUT2D eigenvalue weighted by Gasteiger charge is 2.26. The first-order valence-corrected chi connectivity index (χ1v) is 21.0. The molecule has 0 aliphatic carbocycles. The molecule has 0 unspecified atom stereocenters. The third-order valence-corrected chi connectivity index (χ3v) is 12.9. The molecule has 10 rings (SSSR count). The van der Waals surface area contributed by atoms with Crippen LogP contribution in [-0.2, 0) is 4.79 Å². The van der Waals surface area contributed by atoms with Gasteiger partial charge in [0, 0.05) is 48.0 Å². The van der Waals surface area contributed by atoms with Crippen LogP contribution in [0.5, 0.6) is 0 Å². The fourth-order valence-electron chi connectivity index (χ4n) is 7.80. The molecular weight excluding hydrogens is 777 g/mol. The zero-order valence-corrected chi connectivity index (χ0v) is 33.6. The van der Waals surface area contributed by atoms with E-state index in [1.54, 1.807) is 29.6 Å². The van der Waals surface area contributed by atoms with Crippen molar-refractivity contribution in [3.63, 3.8) is 0 Å². The smallest absolute Gasteiger partial charge is 0.346 e. The van der Waals surface area contributed by atoms with Crippen molar-refractivity contribution in [1.82, 2.24) is 0 Å². The predicted molar refractivity (Wildman–Crippen MR) is 245 cm³/mol. The molecule has 0 spiro atoms. The lowest BCUT2D eigenvalue weighted by atomic mass is 10.0. The summed E-state index contributed by atoms with van der Waals surface area (Å²) in [6, 6.07) is 69.6. The lowest BCUT2D eigenvalue weighted by Crippen LogP contribution is -2.16. The fourth-order valence-corrected chi connectivity index (χ4v) is 9.91. The molecule has 8 aromatic carbocycles. The van der Waals surface area contributed by atoms with Gasteiger partial charge in [0.2, 0.25) is 0 Å². The van der Waals surface area contributed by atoms with Crippen molar-refractivity contribution in [1.29, 1.82) is 5.26 Å². The number of nitrogens with zero attached hydrogens (tertiary/aromatic N) is 4. The molecule has 0 atom stereocenters. The molecule has 2 heterocycles. The first-order chi connectivity index (χ1) is 29.5. The number of aliphatic carboxylic acids is 1. The van der Waals surface area contributed by atoms with Crippen molar-refractivity contribution in [3.05, 3.63) is 205 Å². The number of carbonyl (C=O) groups is 1. The van der Waals surface area contributed by atoms with E-state index in [9.17, 15) is 15.2 Å². The van der Waals surface area contributed by atoms with Gasteiger partial charge in [-0.25, -0.2) is 4.79 Å². The van der Waals surface area contributed by atoms with Gasteiger partial charge in [-0.05, 0) is 132 Å². The lowest BCUT2D eigenvalue weighted by molar-refractivity contribution is -0.132. The van der Waals surface area contributed by atoms with Crippen molar-refractivity contribution in [2.24, 2.45) is 0 Å². The molecule has 0 radical (unpaired) electrons. The van der Waals surface area contributed by atoms with E-state index >= 15 is 0 Å². The number of carboxylic acid groups (broad SMARTS) is 1. The quantitative estimate of drug-likeness (QED) is 0.120. The Balaban J connectivity index is 1.03. The van der Waals surface area contributed by atoms with Crippen molar-refractivity contribution in [2.45, 2.75) is 19.6 Å². The minimum atomic E-state index is -1.24. The molecule has 2 aliphatic rings. The number of fused-ring (bicyclic) bond motifs is 4. The summed E-state index contributed by atoms with van der Waals surface area (Å²) in [6.07, 6.45) is 1.38. The Labute approximate surface area is 356 Å². The highest BCUT2D eigenvalue weighted by molar-refractivity contribution is 8.00. The summed E-state index contributed by atoms with van der Waals surface area (Å²) in [5, 5.41) is 18.5. The van der Waals surface area contributed by atoms with E-state index in [0.29, 0.717) is 5.56 Å². The molecular formula is C52H34N4O2S2. The first kappa shape index (κ1) is 36.9. The van der Waals surface area contributed by atoms with Gasteiger partial charge in [-0.3, -0.25) is 0 Å². The van der Waals surface area contributed by atoms with E-state index in [2.05, 4.69) is 185 Å². The number of rotatable bonds is 8. The van der Waals surface area contributed by atoms with Crippen LogP contribution in [0.4, 0.5) is 51.2 Å². The van der Waals surface area contributed by atoms with Gasteiger partial charge < -0.3 is 19.8 Å². The zero-order chi connectivity index (χ0) is 40.6. The Morgan fingerprint density at radius 1 is 0.483 bits per heavy atom. The lowest BCUT2D eigenvalue weighted by Gasteiger charge is -2.34. The van der Waals surface area contributed by atoms with Crippen LogP contribution < -0.4 is 14.7 Å². The Kier molecular flexibility index (Phi) is 9.66. The van der Waals surface area contributed by atoms with Crippen LogP contribution in [0.15, 0.2) is 219 Å². The molecule has 0 saturated carbocycles. The van der Waals surface area contributed by atoms with Gasteiger partial charge in [0.1, 0.15) is 11.6 Å². The number of benzene rings is 8. The van der Waals surface area contributed by atoms with E-state index in [-0.39, 0.29) is 5.57 Å². The van der Waals surface area contributed by atoms with Crippen LogP contribution in [0.2, 0.25) is 0 Å². The fraction of sp³-hybridized carbons (Fsp3) is 0. The third kappa shape index (κ3) is 6.86. The van der Waals surface area contributed by atoms with Gasteiger partial charge >= 0.3 is 5.97 Å².